The molecular weight excluding hydrogens is 330 g/mol. The number of para-hydroxylation sites is 1. The van der Waals surface area contributed by atoms with E-state index in [-0.39, 0.29) is 0 Å². The number of alkyl halides is 1. The number of fused-ring (bicyclic) bond motifs is 2. The van der Waals surface area contributed by atoms with Gasteiger partial charge in [-0.2, -0.15) is 0 Å². The summed E-state index contributed by atoms with van der Waals surface area (Å²) in [5.74, 6) is 0.637. The van der Waals surface area contributed by atoms with Crippen molar-refractivity contribution in [3.63, 3.8) is 0 Å². The Morgan fingerprint density at radius 2 is 1.95 bits per heavy atom. The summed E-state index contributed by atoms with van der Waals surface area (Å²) in [5, 5.41) is 1.23. The van der Waals surface area contributed by atoms with E-state index in [1.165, 1.54) is 27.3 Å². The van der Waals surface area contributed by atoms with Gasteiger partial charge in [0.1, 0.15) is 0 Å². The lowest BCUT2D eigenvalue weighted by molar-refractivity contribution is 0.580. The first kappa shape index (κ1) is 12.5. The van der Waals surface area contributed by atoms with Gasteiger partial charge in [0.25, 0.3) is 0 Å². The summed E-state index contributed by atoms with van der Waals surface area (Å²) < 4.78 is 1.29. The van der Waals surface area contributed by atoms with Gasteiger partial charge in [0.2, 0.25) is 0 Å². The third kappa shape index (κ3) is 2.09. The molecule has 1 aliphatic carbocycles. The Morgan fingerprint density at radius 3 is 2.80 bits per heavy atom. The van der Waals surface area contributed by atoms with Crippen LogP contribution in [0.5, 0.6) is 0 Å². The second-order valence-corrected chi connectivity index (χ2v) is 7.60. The highest BCUT2D eigenvalue weighted by Gasteiger charge is 2.31. The largest absolute Gasteiger partial charge is 0.241 e. The maximum Gasteiger partial charge on any atom is 0.0949 e. The molecule has 0 aliphatic heterocycles. The Bertz CT molecular complexity index is 731. The molecule has 1 heterocycles. The van der Waals surface area contributed by atoms with Gasteiger partial charge in [0.15, 0.2) is 0 Å². The molecule has 3 aromatic rings. The molecule has 20 heavy (non-hydrogen) atoms. The molecule has 0 N–H and O–H groups in total. The van der Waals surface area contributed by atoms with Crippen LogP contribution in [0.25, 0.3) is 10.2 Å². The molecule has 1 nitrogen and oxygen atoms in total. The van der Waals surface area contributed by atoms with E-state index in [0.29, 0.717) is 10.7 Å². The van der Waals surface area contributed by atoms with E-state index >= 15 is 0 Å². The quantitative estimate of drug-likeness (QED) is 0.613. The average Bonchev–Trinajstić information content (AvgIpc) is 2.82. The molecule has 100 valence electrons. The van der Waals surface area contributed by atoms with E-state index in [9.17, 15) is 0 Å². The second-order valence-electron chi connectivity index (χ2n) is 5.30. The average molecular weight is 344 g/mol. The molecule has 4 rings (SSSR count). The van der Waals surface area contributed by atoms with Crippen molar-refractivity contribution in [2.75, 3.05) is 0 Å². The lowest BCUT2D eigenvalue weighted by atomic mass is 9.75. The molecule has 1 aromatic heterocycles. The Balaban J connectivity index is 1.55. The van der Waals surface area contributed by atoms with Crippen LogP contribution in [0.1, 0.15) is 22.1 Å². The van der Waals surface area contributed by atoms with Crippen LogP contribution in [-0.2, 0) is 12.8 Å². The van der Waals surface area contributed by atoms with Gasteiger partial charge in [0, 0.05) is 17.2 Å². The summed E-state index contributed by atoms with van der Waals surface area (Å²) in [5.41, 5.74) is 4.14. The van der Waals surface area contributed by atoms with E-state index in [1.807, 2.05) is 11.3 Å². The van der Waals surface area contributed by atoms with Crippen LogP contribution in [0.3, 0.4) is 0 Å². The van der Waals surface area contributed by atoms with Crippen molar-refractivity contribution < 1.29 is 0 Å². The first-order chi connectivity index (χ1) is 9.81. The maximum atomic E-state index is 4.74. The lowest BCUT2D eigenvalue weighted by Gasteiger charge is -2.33. The predicted molar refractivity (Wildman–Crippen MR) is 88.9 cm³/mol. The first-order valence-corrected chi connectivity index (χ1v) is 8.61. The first-order valence-electron chi connectivity index (χ1n) is 6.87. The standard InChI is InChI=1S/C17H14BrNS/c18-14(13-9-11-5-1-2-6-12(11)13)10-17-19-15-7-3-4-8-16(15)20-17/h1-8,13-14H,9-10H2. The van der Waals surface area contributed by atoms with Crippen LogP contribution in [0.2, 0.25) is 0 Å². The molecule has 2 aromatic carbocycles. The smallest absolute Gasteiger partial charge is 0.0949 e. The molecule has 0 amide bonds. The number of benzene rings is 2. The van der Waals surface area contributed by atoms with Gasteiger partial charge in [-0.05, 0) is 29.7 Å². The molecule has 0 radical (unpaired) electrons. The maximum absolute atomic E-state index is 4.74. The molecule has 0 bridgehead atoms. The third-order valence-electron chi connectivity index (χ3n) is 4.04. The highest BCUT2D eigenvalue weighted by molar-refractivity contribution is 9.09. The van der Waals surface area contributed by atoms with Crippen LogP contribution in [-0.4, -0.2) is 9.81 Å². The number of nitrogens with zero attached hydrogens (tertiary/aromatic N) is 1. The number of halogens is 1. The molecule has 1 aliphatic rings. The molecule has 0 saturated heterocycles. The summed E-state index contributed by atoms with van der Waals surface area (Å²) in [4.78, 5) is 5.22. The fourth-order valence-corrected chi connectivity index (χ4v) is 4.95. The van der Waals surface area contributed by atoms with Gasteiger partial charge in [-0.15, -0.1) is 11.3 Å². The molecule has 3 heteroatoms. The number of thiazole rings is 1. The van der Waals surface area contributed by atoms with Crippen molar-refractivity contribution in [3.05, 3.63) is 64.7 Å². The lowest BCUT2D eigenvalue weighted by Crippen LogP contribution is -2.26. The minimum absolute atomic E-state index is 0.484. The van der Waals surface area contributed by atoms with Gasteiger partial charge in [-0.25, -0.2) is 4.98 Å². The Morgan fingerprint density at radius 1 is 1.15 bits per heavy atom. The molecule has 2 atom stereocenters. The number of rotatable bonds is 3. The van der Waals surface area contributed by atoms with E-state index in [4.69, 9.17) is 4.98 Å². The Labute approximate surface area is 130 Å². The normalized spacial score (nSPS) is 18.6. The fourth-order valence-electron chi connectivity index (χ4n) is 2.94. The van der Waals surface area contributed by atoms with Crippen molar-refractivity contribution in [1.29, 1.82) is 0 Å². The SMILES string of the molecule is BrC(Cc1nc2ccccc2s1)C1Cc2ccccc21. The molecule has 0 saturated carbocycles. The number of aromatic nitrogens is 1. The van der Waals surface area contributed by atoms with E-state index in [0.717, 1.165) is 11.9 Å². The van der Waals surface area contributed by atoms with Gasteiger partial charge < -0.3 is 0 Å². The summed E-state index contributed by atoms with van der Waals surface area (Å²) in [6.07, 6.45) is 2.20. The Kier molecular flexibility index (Phi) is 3.12. The van der Waals surface area contributed by atoms with Crippen molar-refractivity contribution in [3.8, 4) is 0 Å². The zero-order valence-electron chi connectivity index (χ0n) is 10.9. The monoisotopic (exact) mass is 343 g/mol. The van der Waals surface area contributed by atoms with Gasteiger partial charge in [-0.3, -0.25) is 0 Å². The van der Waals surface area contributed by atoms with Crippen LogP contribution >= 0.6 is 27.3 Å². The van der Waals surface area contributed by atoms with E-state index < -0.39 is 0 Å². The third-order valence-corrected chi connectivity index (χ3v) is 6.06. The zero-order valence-corrected chi connectivity index (χ0v) is 13.3. The molecule has 0 fully saturated rings. The summed E-state index contributed by atoms with van der Waals surface area (Å²) in [7, 11) is 0. The fraction of sp³-hybridized carbons (Fsp3) is 0.235. The van der Waals surface area contributed by atoms with Crippen molar-refractivity contribution in [1.82, 2.24) is 4.98 Å². The number of hydrogen-bond acceptors (Lipinski definition) is 2. The summed E-state index contributed by atoms with van der Waals surface area (Å²) in [6, 6.07) is 17.2. The van der Waals surface area contributed by atoms with Gasteiger partial charge >= 0.3 is 0 Å². The van der Waals surface area contributed by atoms with Crippen molar-refractivity contribution in [2.45, 2.75) is 23.6 Å². The highest BCUT2D eigenvalue weighted by atomic mass is 79.9. The van der Waals surface area contributed by atoms with Crippen LogP contribution in [0.15, 0.2) is 48.5 Å². The van der Waals surface area contributed by atoms with Crippen molar-refractivity contribution in [2.24, 2.45) is 0 Å². The van der Waals surface area contributed by atoms with E-state index in [2.05, 4.69) is 64.5 Å². The summed E-state index contributed by atoms with van der Waals surface area (Å²) in [6.45, 7) is 0. The van der Waals surface area contributed by atoms with Crippen LogP contribution in [0, 0.1) is 0 Å². The van der Waals surface area contributed by atoms with Gasteiger partial charge in [-0.1, -0.05) is 52.3 Å². The minimum Gasteiger partial charge on any atom is -0.241 e. The molecular formula is C17H14BrNS. The highest BCUT2D eigenvalue weighted by Crippen LogP contribution is 2.41. The minimum atomic E-state index is 0.484. The zero-order chi connectivity index (χ0) is 13.5. The second kappa shape index (κ2) is 4.97. The summed E-state index contributed by atoms with van der Waals surface area (Å²) >= 11 is 5.70. The molecule has 0 spiro atoms. The number of hydrogen-bond donors (Lipinski definition) is 0. The van der Waals surface area contributed by atoms with Crippen LogP contribution in [0.4, 0.5) is 0 Å². The predicted octanol–water partition coefficient (Wildman–Crippen LogP) is 4.94. The van der Waals surface area contributed by atoms with E-state index in [1.54, 1.807) is 0 Å². The van der Waals surface area contributed by atoms with Crippen LogP contribution < -0.4 is 0 Å². The van der Waals surface area contributed by atoms with Crippen molar-refractivity contribution >= 4 is 37.5 Å². The topological polar surface area (TPSA) is 12.9 Å². The van der Waals surface area contributed by atoms with Gasteiger partial charge in [0.05, 0.1) is 15.2 Å². The Hall–Kier alpha value is -1.19. The molecule has 2 unspecified atom stereocenters.